The van der Waals surface area contributed by atoms with Crippen molar-refractivity contribution in [1.29, 1.82) is 0 Å². The molecule has 4 nitrogen and oxygen atoms in total. The van der Waals surface area contributed by atoms with Gasteiger partial charge in [-0.3, -0.25) is 9.89 Å². The Kier molecular flexibility index (Phi) is 4.08. The first-order valence-electron chi connectivity index (χ1n) is 7.15. The highest BCUT2D eigenvalue weighted by molar-refractivity contribution is 6.33. The predicted octanol–water partition coefficient (Wildman–Crippen LogP) is 2.39. The number of H-pyrrole nitrogens is 1. The smallest absolute Gasteiger partial charge is 0.280 e. The third kappa shape index (κ3) is 2.94. The maximum absolute atomic E-state index is 12.6. The van der Waals surface area contributed by atoms with E-state index in [9.17, 15) is 4.79 Å². The van der Waals surface area contributed by atoms with Gasteiger partial charge in [-0.15, -0.1) is 0 Å². The van der Waals surface area contributed by atoms with Gasteiger partial charge in [-0.05, 0) is 30.7 Å². The maximum atomic E-state index is 12.6. The molecule has 2 N–H and O–H groups in total. The number of anilines is 1. The van der Waals surface area contributed by atoms with E-state index in [-0.39, 0.29) is 5.56 Å². The third-order valence-electron chi connectivity index (χ3n) is 3.61. The normalized spacial score (nSPS) is 11.7. The van der Waals surface area contributed by atoms with E-state index in [1.165, 1.54) is 4.68 Å². The second kappa shape index (κ2) is 6.18. The fourth-order valence-corrected chi connectivity index (χ4v) is 2.55. The van der Waals surface area contributed by atoms with Crippen LogP contribution in [0.1, 0.15) is 5.56 Å². The first kappa shape index (κ1) is 15.2. The Balaban J connectivity index is 2.08. The van der Waals surface area contributed by atoms with Gasteiger partial charge in [0, 0.05) is 6.20 Å². The van der Waals surface area contributed by atoms with E-state index in [4.69, 9.17) is 11.6 Å². The molecule has 5 heteroatoms. The minimum absolute atomic E-state index is 0.163. The van der Waals surface area contributed by atoms with Crippen LogP contribution in [0.4, 0.5) is 5.69 Å². The molecule has 1 heterocycles. The molecule has 2 aromatic carbocycles. The molecule has 0 aliphatic heterocycles. The van der Waals surface area contributed by atoms with Crippen molar-refractivity contribution in [1.82, 2.24) is 9.78 Å². The lowest BCUT2D eigenvalue weighted by Gasteiger charge is -2.04. The van der Waals surface area contributed by atoms with Crippen molar-refractivity contribution in [3.63, 3.8) is 0 Å². The van der Waals surface area contributed by atoms with Gasteiger partial charge in [-0.25, -0.2) is 4.68 Å². The molecular formula is C18H16ClN3O. The number of hydrogen-bond acceptors (Lipinski definition) is 2. The molecule has 3 rings (SSSR count). The van der Waals surface area contributed by atoms with Crippen molar-refractivity contribution in [2.45, 2.75) is 6.92 Å². The van der Waals surface area contributed by atoms with Crippen LogP contribution in [0.15, 0.2) is 53.3 Å². The summed E-state index contributed by atoms with van der Waals surface area (Å²) in [6, 6.07) is 15.0. The second-order valence-corrected chi connectivity index (χ2v) is 5.61. The monoisotopic (exact) mass is 325 g/mol. The molecule has 0 bridgehead atoms. The fourth-order valence-electron chi connectivity index (χ4n) is 2.36. The zero-order chi connectivity index (χ0) is 16.4. The number of hydrogen-bond donors (Lipinski definition) is 2. The van der Waals surface area contributed by atoms with Crippen LogP contribution in [0, 0.1) is 6.92 Å². The van der Waals surface area contributed by atoms with Crippen molar-refractivity contribution < 1.29 is 0 Å². The van der Waals surface area contributed by atoms with Crippen LogP contribution in [-0.4, -0.2) is 9.78 Å². The number of rotatable bonds is 3. The number of aromatic nitrogens is 2. The minimum atomic E-state index is -0.163. The molecule has 23 heavy (non-hydrogen) atoms. The highest BCUT2D eigenvalue weighted by atomic mass is 35.5. The van der Waals surface area contributed by atoms with Gasteiger partial charge < -0.3 is 5.32 Å². The van der Waals surface area contributed by atoms with Crippen LogP contribution >= 0.6 is 11.6 Å². The minimum Gasteiger partial charge on any atom is -0.360 e. The standard InChI is InChI=1S/C18H16ClN3O/c1-12-7-3-6-10-17(12)22-18(23)14(13(2)21-22)11-20-16-9-5-4-8-15(16)19/h3-11,20-21H,2H2,1H3. The zero-order valence-corrected chi connectivity index (χ0v) is 13.4. The lowest BCUT2D eigenvalue weighted by Crippen LogP contribution is -2.35. The molecule has 0 radical (unpaired) electrons. The summed E-state index contributed by atoms with van der Waals surface area (Å²) in [6.07, 6.45) is 1.62. The van der Waals surface area contributed by atoms with Crippen molar-refractivity contribution in [3.8, 4) is 5.69 Å². The Bertz CT molecular complexity index is 1020. The van der Waals surface area contributed by atoms with Gasteiger partial charge >= 0.3 is 0 Å². The molecule has 3 aromatic rings. The Labute approximate surface area is 138 Å². The molecule has 116 valence electrons. The summed E-state index contributed by atoms with van der Waals surface area (Å²) in [7, 11) is 0. The molecule has 0 aliphatic rings. The summed E-state index contributed by atoms with van der Waals surface area (Å²) in [4.78, 5) is 12.6. The highest BCUT2D eigenvalue weighted by Gasteiger charge is 2.06. The van der Waals surface area contributed by atoms with Gasteiger partial charge in [0.15, 0.2) is 0 Å². The first-order valence-corrected chi connectivity index (χ1v) is 7.53. The summed E-state index contributed by atoms with van der Waals surface area (Å²) in [5, 5.41) is 7.66. The van der Waals surface area contributed by atoms with Crippen molar-refractivity contribution in [2.24, 2.45) is 0 Å². The molecule has 0 saturated heterocycles. The molecule has 1 aromatic heterocycles. The average Bonchev–Trinajstić information content (AvgIpc) is 2.82. The van der Waals surface area contributed by atoms with E-state index in [0.29, 0.717) is 15.6 Å². The zero-order valence-electron chi connectivity index (χ0n) is 12.6. The number of halogens is 1. The first-order chi connectivity index (χ1) is 11.1. The van der Waals surface area contributed by atoms with Crippen molar-refractivity contribution >= 4 is 30.1 Å². The quantitative estimate of drug-likeness (QED) is 0.777. The number of benzene rings is 2. The van der Waals surface area contributed by atoms with Crippen LogP contribution in [0.5, 0.6) is 0 Å². The third-order valence-corrected chi connectivity index (χ3v) is 3.94. The molecular weight excluding hydrogens is 310 g/mol. The van der Waals surface area contributed by atoms with Gasteiger partial charge in [0.25, 0.3) is 5.56 Å². The number of aryl methyl sites for hydroxylation is 1. The van der Waals surface area contributed by atoms with Gasteiger partial charge in [-0.2, -0.15) is 0 Å². The molecule has 0 aliphatic carbocycles. The Morgan fingerprint density at radius 2 is 1.87 bits per heavy atom. The number of nitrogens with one attached hydrogen (secondary N) is 2. The Morgan fingerprint density at radius 3 is 2.61 bits per heavy atom. The van der Waals surface area contributed by atoms with Crippen LogP contribution in [0.25, 0.3) is 18.5 Å². The molecule has 0 saturated carbocycles. The SMILES string of the molecule is C=c1[nH]n(-c2ccccc2C)c(=O)c1=CNc1ccccc1Cl. The lowest BCUT2D eigenvalue weighted by molar-refractivity contribution is 0.832. The highest BCUT2D eigenvalue weighted by Crippen LogP contribution is 2.20. The number of aromatic amines is 1. The molecule has 0 fully saturated rings. The van der Waals surface area contributed by atoms with E-state index >= 15 is 0 Å². The van der Waals surface area contributed by atoms with Crippen LogP contribution in [0.2, 0.25) is 5.02 Å². The number of nitrogens with zero attached hydrogens (tertiary/aromatic N) is 1. The van der Waals surface area contributed by atoms with Gasteiger partial charge in [0.2, 0.25) is 0 Å². The molecule has 0 spiro atoms. The molecule has 0 amide bonds. The summed E-state index contributed by atoms with van der Waals surface area (Å²) < 4.78 is 1.50. The van der Waals surface area contributed by atoms with Gasteiger partial charge in [0.1, 0.15) is 0 Å². The Morgan fingerprint density at radius 1 is 1.17 bits per heavy atom. The van der Waals surface area contributed by atoms with E-state index in [1.54, 1.807) is 12.3 Å². The fraction of sp³-hybridized carbons (Fsp3) is 0.0556. The summed E-state index contributed by atoms with van der Waals surface area (Å²) in [5.41, 5.74) is 2.38. The van der Waals surface area contributed by atoms with Crippen LogP contribution < -0.4 is 21.4 Å². The maximum Gasteiger partial charge on any atom is 0.280 e. The van der Waals surface area contributed by atoms with Crippen LogP contribution in [0.3, 0.4) is 0 Å². The van der Waals surface area contributed by atoms with Crippen LogP contribution in [-0.2, 0) is 0 Å². The lowest BCUT2D eigenvalue weighted by atomic mass is 10.2. The predicted molar refractivity (Wildman–Crippen MR) is 95.4 cm³/mol. The van der Waals surface area contributed by atoms with Crippen molar-refractivity contribution in [3.05, 3.63) is 80.0 Å². The topological polar surface area (TPSA) is 49.8 Å². The second-order valence-electron chi connectivity index (χ2n) is 5.20. The average molecular weight is 326 g/mol. The summed E-state index contributed by atoms with van der Waals surface area (Å²) >= 11 is 6.10. The van der Waals surface area contributed by atoms with E-state index < -0.39 is 0 Å². The van der Waals surface area contributed by atoms with E-state index in [0.717, 1.165) is 16.9 Å². The molecule has 0 unspecified atom stereocenters. The number of para-hydroxylation sites is 2. The summed E-state index contributed by atoms with van der Waals surface area (Å²) in [6.45, 7) is 5.87. The van der Waals surface area contributed by atoms with Gasteiger partial charge in [-0.1, -0.05) is 48.5 Å². The Hall–Kier alpha value is -2.72. The van der Waals surface area contributed by atoms with Gasteiger partial charge in [0.05, 0.1) is 27.0 Å². The van der Waals surface area contributed by atoms with Crippen molar-refractivity contribution in [2.75, 3.05) is 5.32 Å². The van der Waals surface area contributed by atoms with E-state index in [2.05, 4.69) is 17.0 Å². The molecule has 0 atom stereocenters. The van der Waals surface area contributed by atoms with E-state index in [1.807, 2.05) is 49.4 Å². The largest absolute Gasteiger partial charge is 0.360 e. The summed E-state index contributed by atoms with van der Waals surface area (Å²) in [5.74, 6) is 0.